The van der Waals surface area contributed by atoms with E-state index >= 15 is 0 Å². The van der Waals surface area contributed by atoms with Crippen molar-refractivity contribution in [1.29, 1.82) is 0 Å². The van der Waals surface area contributed by atoms with Crippen molar-refractivity contribution in [3.63, 3.8) is 0 Å². The number of pyridine rings is 1. The lowest BCUT2D eigenvalue weighted by Gasteiger charge is -2.10. The molecule has 0 aliphatic carbocycles. The van der Waals surface area contributed by atoms with Gasteiger partial charge < -0.3 is 4.74 Å². The summed E-state index contributed by atoms with van der Waals surface area (Å²) in [5.74, 6) is 1.00. The van der Waals surface area contributed by atoms with Gasteiger partial charge >= 0.3 is 0 Å². The summed E-state index contributed by atoms with van der Waals surface area (Å²) in [4.78, 5) is 14.9. The van der Waals surface area contributed by atoms with E-state index in [0.717, 1.165) is 21.9 Å². The molecule has 2 rings (SSSR count). The van der Waals surface area contributed by atoms with Crippen molar-refractivity contribution in [2.24, 2.45) is 0 Å². The van der Waals surface area contributed by atoms with Gasteiger partial charge in [0, 0.05) is 10.7 Å². The van der Waals surface area contributed by atoms with Gasteiger partial charge in [-0.05, 0) is 49.2 Å². The van der Waals surface area contributed by atoms with Crippen molar-refractivity contribution in [3.8, 4) is 11.6 Å². The zero-order chi connectivity index (χ0) is 13.1. The van der Waals surface area contributed by atoms with Crippen LogP contribution in [0.15, 0.2) is 34.9 Å². The van der Waals surface area contributed by atoms with Crippen molar-refractivity contribution >= 4 is 22.2 Å². The van der Waals surface area contributed by atoms with Crippen LogP contribution in [0.25, 0.3) is 0 Å². The fourth-order valence-corrected chi connectivity index (χ4v) is 1.88. The molecule has 0 saturated carbocycles. The molecule has 18 heavy (non-hydrogen) atoms. The SMILES string of the molecule is Cc1cc(Oc2ncccc2C=O)cc(C)c1Br. The lowest BCUT2D eigenvalue weighted by Crippen LogP contribution is -1.94. The summed E-state index contributed by atoms with van der Waals surface area (Å²) in [6.07, 6.45) is 2.34. The van der Waals surface area contributed by atoms with Crippen molar-refractivity contribution in [2.45, 2.75) is 13.8 Å². The van der Waals surface area contributed by atoms with Crippen LogP contribution in [0.2, 0.25) is 0 Å². The Labute approximate surface area is 114 Å². The first-order valence-corrected chi connectivity index (χ1v) is 6.26. The number of hydrogen-bond acceptors (Lipinski definition) is 3. The van der Waals surface area contributed by atoms with E-state index in [9.17, 15) is 4.79 Å². The molecule has 0 spiro atoms. The number of benzene rings is 1. The highest BCUT2D eigenvalue weighted by Crippen LogP contribution is 2.29. The van der Waals surface area contributed by atoms with Crippen molar-refractivity contribution in [2.75, 3.05) is 0 Å². The summed E-state index contributed by atoms with van der Waals surface area (Å²) >= 11 is 3.50. The molecule has 0 aliphatic heterocycles. The van der Waals surface area contributed by atoms with Crippen LogP contribution < -0.4 is 4.74 Å². The van der Waals surface area contributed by atoms with Gasteiger partial charge in [-0.2, -0.15) is 0 Å². The molecule has 0 amide bonds. The number of ether oxygens (including phenoxy) is 1. The van der Waals surface area contributed by atoms with E-state index < -0.39 is 0 Å². The van der Waals surface area contributed by atoms with Gasteiger partial charge in [0.25, 0.3) is 0 Å². The standard InChI is InChI=1S/C14H12BrNO2/c1-9-6-12(7-10(2)13(9)15)18-14-11(8-17)4-3-5-16-14/h3-8H,1-2H3. The first kappa shape index (κ1) is 12.8. The van der Waals surface area contributed by atoms with Crippen LogP contribution in [0.1, 0.15) is 21.5 Å². The number of aromatic nitrogens is 1. The fourth-order valence-electron chi connectivity index (χ4n) is 1.65. The zero-order valence-electron chi connectivity index (χ0n) is 10.1. The highest BCUT2D eigenvalue weighted by Gasteiger charge is 2.08. The second kappa shape index (κ2) is 5.31. The molecule has 0 N–H and O–H groups in total. The Morgan fingerprint density at radius 2 is 1.94 bits per heavy atom. The third kappa shape index (κ3) is 2.59. The second-order valence-electron chi connectivity index (χ2n) is 3.99. The minimum atomic E-state index is 0.327. The largest absolute Gasteiger partial charge is 0.438 e. The number of aryl methyl sites for hydroxylation is 2. The lowest BCUT2D eigenvalue weighted by molar-refractivity contribution is 0.112. The van der Waals surface area contributed by atoms with E-state index in [4.69, 9.17) is 4.74 Å². The van der Waals surface area contributed by atoms with Crippen molar-refractivity contribution < 1.29 is 9.53 Å². The number of halogens is 1. The van der Waals surface area contributed by atoms with E-state index in [1.165, 1.54) is 0 Å². The Hall–Kier alpha value is -1.68. The maximum absolute atomic E-state index is 10.9. The first-order valence-electron chi connectivity index (χ1n) is 5.46. The molecule has 1 aromatic carbocycles. The molecule has 1 heterocycles. The van der Waals surface area contributed by atoms with Crippen LogP contribution in [0.4, 0.5) is 0 Å². The van der Waals surface area contributed by atoms with Gasteiger partial charge in [-0.1, -0.05) is 15.9 Å². The third-order valence-electron chi connectivity index (χ3n) is 2.55. The zero-order valence-corrected chi connectivity index (χ0v) is 11.7. The Morgan fingerprint density at radius 1 is 1.28 bits per heavy atom. The number of rotatable bonds is 3. The van der Waals surface area contributed by atoms with Gasteiger partial charge in [0.15, 0.2) is 6.29 Å². The number of aldehydes is 1. The molecule has 0 aliphatic rings. The van der Waals surface area contributed by atoms with Crippen LogP contribution in [0, 0.1) is 13.8 Å². The van der Waals surface area contributed by atoms with Gasteiger partial charge in [0.05, 0.1) is 5.56 Å². The lowest BCUT2D eigenvalue weighted by atomic mass is 10.1. The highest BCUT2D eigenvalue weighted by atomic mass is 79.9. The molecule has 4 heteroatoms. The van der Waals surface area contributed by atoms with E-state index in [-0.39, 0.29) is 0 Å². The molecule has 0 atom stereocenters. The number of carbonyl (C=O) groups is 1. The molecule has 0 bridgehead atoms. The Morgan fingerprint density at radius 3 is 2.56 bits per heavy atom. The second-order valence-corrected chi connectivity index (χ2v) is 4.78. The van der Waals surface area contributed by atoms with Crippen LogP contribution in [0.5, 0.6) is 11.6 Å². The maximum Gasteiger partial charge on any atom is 0.229 e. The minimum absolute atomic E-state index is 0.327. The van der Waals surface area contributed by atoms with Gasteiger partial charge in [-0.25, -0.2) is 4.98 Å². The molecule has 1 aromatic heterocycles. The number of nitrogens with zero attached hydrogens (tertiary/aromatic N) is 1. The highest BCUT2D eigenvalue weighted by molar-refractivity contribution is 9.10. The molecule has 0 radical (unpaired) electrons. The smallest absolute Gasteiger partial charge is 0.229 e. The van der Waals surface area contributed by atoms with Gasteiger partial charge in [-0.3, -0.25) is 4.79 Å². The van der Waals surface area contributed by atoms with E-state index in [1.54, 1.807) is 18.3 Å². The van der Waals surface area contributed by atoms with Crippen molar-refractivity contribution in [3.05, 3.63) is 51.6 Å². The Bertz CT molecular complexity index is 573. The molecule has 3 nitrogen and oxygen atoms in total. The molecule has 0 fully saturated rings. The molecular weight excluding hydrogens is 294 g/mol. The monoisotopic (exact) mass is 305 g/mol. The summed E-state index contributed by atoms with van der Waals surface area (Å²) in [6.45, 7) is 3.98. The molecule has 92 valence electrons. The maximum atomic E-state index is 10.9. The topological polar surface area (TPSA) is 39.2 Å². The Balaban J connectivity index is 2.37. The van der Waals surface area contributed by atoms with E-state index in [1.807, 2.05) is 26.0 Å². The average Bonchev–Trinajstić information content (AvgIpc) is 2.36. The van der Waals surface area contributed by atoms with Crippen LogP contribution in [0.3, 0.4) is 0 Å². The normalized spacial score (nSPS) is 10.2. The predicted octanol–water partition coefficient (Wildman–Crippen LogP) is 4.07. The van der Waals surface area contributed by atoms with Gasteiger partial charge in [-0.15, -0.1) is 0 Å². The van der Waals surface area contributed by atoms with E-state index in [0.29, 0.717) is 17.2 Å². The summed E-state index contributed by atoms with van der Waals surface area (Å²) in [5.41, 5.74) is 2.60. The average molecular weight is 306 g/mol. The molecule has 0 unspecified atom stereocenters. The minimum Gasteiger partial charge on any atom is -0.438 e. The van der Waals surface area contributed by atoms with Gasteiger partial charge in [0.2, 0.25) is 5.88 Å². The molecular formula is C14H12BrNO2. The van der Waals surface area contributed by atoms with Crippen LogP contribution >= 0.6 is 15.9 Å². The molecule has 0 saturated heterocycles. The predicted molar refractivity (Wildman–Crippen MR) is 73.3 cm³/mol. The van der Waals surface area contributed by atoms with Gasteiger partial charge in [0.1, 0.15) is 5.75 Å². The molecule has 2 aromatic rings. The summed E-state index contributed by atoms with van der Waals surface area (Å²) in [5, 5.41) is 0. The van der Waals surface area contributed by atoms with E-state index in [2.05, 4.69) is 20.9 Å². The van der Waals surface area contributed by atoms with Crippen LogP contribution in [-0.4, -0.2) is 11.3 Å². The number of carbonyl (C=O) groups excluding carboxylic acids is 1. The first-order chi connectivity index (χ1) is 8.61. The fraction of sp³-hybridized carbons (Fsp3) is 0.143. The number of hydrogen-bond donors (Lipinski definition) is 0. The van der Waals surface area contributed by atoms with Crippen LogP contribution in [-0.2, 0) is 0 Å². The Kier molecular flexibility index (Phi) is 3.77. The summed E-state index contributed by atoms with van der Waals surface area (Å²) < 4.78 is 6.72. The third-order valence-corrected chi connectivity index (χ3v) is 3.80. The summed E-state index contributed by atoms with van der Waals surface area (Å²) in [6, 6.07) is 7.18. The summed E-state index contributed by atoms with van der Waals surface area (Å²) in [7, 11) is 0. The quantitative estimate of drug-likeness (QED) is 0.803. The van der Waals surface area contributed by atoms with Crippen molar-refractivity contribution in [1.82, 2.24) is 4.98 Å².